The van der Waals surface area contributed by atoms with Crippen LogP contribution in [0.5, 0.6) is 0 Å². The highest BCUT2D eigenvalue weighted by Crippen LogP contribution is 2.34. The largest absolute Gasteiger partial charge is 0.387 e. The average Bonchev–Trinajstić information content (AvgIpc) is 2.99. The van der Waals surface area contributed by atoms with Crippen LogP contribution in [0.1, 0.15) is 32.6 Å². The predicted octanol–water partition coefficient (Wildman–Crippen LogP) is 1.37. The van der Waals surface area contributed by atoms with Gasteiger partial charge in [0.15, 0.2) is 5.60 Å². The fraction of sp³-hybridized carbons (Fsp3) is 0.562. The van der Waals surface area contributed by atoms with Crippen molar-refractivity contribution >= 4 is 27.3 Å². The van der Waals surface area contributed by atoms with Crippen molar-refractivity contribution in [2.75, 3.05) is 24.2 Å². The number of hydrogen-bond acceptors (Lipinski definition) is 6. The number of aromatic nitrogens is 1. The Morgan fingerprint density at radius 2 is 2.32 bits per heavy atom. The van der Waals surface area contributed by atoms with Gasteiger partial charge in [0.2, 0.25) is 10.0 Å². The number of anilines is 1. The third-order valence-corrected chi connectivity index (χ3v) is 6.40. The molecule has 8 nitrogen and oxygen atoms in total. The molecule has 9 heteroatoms. The van der Waals surface area contributed by atoms with Crippen LogP contribution in [0.3, 0.4) is 0 Å². The lowest BCUT2D eigenvalue weighted by Crippen LogP contribution is -2.51. The zero-order valence-corrected chi connectivity index (χ0v) is 15.0. The highest BCUT2D eigenvalue weighted by atomic mass is 32.2. The van der Waals surface area contributed by atoms with Crippen molar-refractivity contribution in [2.45, 2.75) is 38.2 Å². The van der Waals surface area contributed by atoms with Crippen LogP contribution in [0.25, 0.3) is 0 Å². The SMILES string of the molecule is CCCS(=O)(=O)N1CCC[C@]2(CC(C(=O)Nc3cccnc3)=NO2)C1. The van der Waals surface area contributed by atoms with Crippen LogP contribution in [0, 0.1) is 0 Å². The van der Waals surface area contributed by atoms with E-state index in [1.165, 1.54) is 4.31 Å². The summed E-state index contributed by atoms with van der Waals surface area (Å²) in [6.07, 6.45) is 5.41. The molecule has 1 fully saturated rings. The lowest BCUT2D eigenvalue weighted by atomic mass is 9.89. The van der Waals surface area contributed by atoms with Gasteiger partial charge in [-0.05, 0) is 31.4 Å². The third kappa shape index (κ3) is 3.98. The van der Waals surface area contributed by atoms with E-state index in [1.807, 2.05) is 6.92 Å². The molecule has 0 unspecified atom stereocenters. The van der Waals surface area contributed by atoms with Crippen molar-refractivity contribution in [2.24, 2.45) is 5.16 Å². The molecule has 2 aliphatic heterocycles. The second-order valence-corrected chi connectivity index (χ2v) is 8.53. The molecular formula is C16H22N4O4S. The number of pyridine rings is 1. The van der Waals surface area contributed by atoms with Crippen LogP contribution < -0.4 is 5.32 Å². The molecule has 0 saturated carbocycles. The minimum atomic E-state index is -3.29. The van der Waals surface area contributed by atoms with E-state index < -0.39 is 15.6 Å². The van der Waals surface area contributed by atoms with Crippen molar-refractivity contribution in [3.63, 3.8) is 0 Å². The molecule has 25 heavy (non-hydrogen) atoms. The van der Waals surface area contributed by atoms with E-state index in [2.05, 4.69) is 15.5 Å². The van der Waals surface area contributed by atoms with Crippen LogP contribution in [0.15, 0.2) is 29.7 Å². The maximum atomic E-state index is 12.3. The highest BCUT2D eigenvalue weighted by molar-refractivity contribution is 7.89. The lowest BCUT2D eigenvalue weighted by Gasteiger charge is -2.37. The normalized spacial score (nSPS) is 24.0. The molecule has 2 aliphatic rings. The first kappa shape index (κ1) is 17.8. The molecule has 1 aromatic heterocycles. The average molecular weight is 366 g/mol. The Bertz CT molecular complexity index is 766. The maximum absolute atomic E-state index is 12.3. The monoisotopic (exact) mass is 366 g/mol. The van der Waals surface area contributed by atoms with E-state index in [0.717, 1.165) is 0 Å². The fourth-order valence-corrected chi connectivity index (χ4v) is 4.80. The highest BCUT2D eigenvalue weighted by Gasteiger charge is 2.46. The number of nitrogens with zero attached hydrogens (tertiary/aromatic N) is 3. The van der Waals surface area contributed by atoms with Crippen molar-refractivity contribution in [1.29, 1.82) is 0 Å². The Labute approximate surface area is 147 Å². The van der Waals surface area contributed by atoms with Gasteiger partial charge >= 0.3 is 0 Å². The van der Waals surface area contributed by atoms with E-state index in [-0.39, 0.29) is 23.9 Å². The maximum Gasteiger partial charge on any atom is 0.273 e. The number of rotatable bonds is 5. The molecule has 1 amide bonds. The molecule has 1 N–H and O–H groups in total. The summed E-state index contributed by atoms with van der Waals surface area (Å²) in [5.41, 5.74) is 0.117. The molecule has 3 heterocycles. The first-order chi connectivity index (χ1) is 11.9. The van der Waals surface area contributed by atoms with Gasteiger partial charge < -0.3 is 10.2 Å². The Balaban J connectivity index is 1.65. The molecule has 0 radical (unpaired) electrons. The minimum Gasteiger partial charge on any atom is -0.387 e. The molecule has 3 rings (SSSR count). The van der Waals surface area contributed by atoms with Gasteiger partial charge in [0, 0.05) is 19.2 Å². The van der Waals surface area contributed by atoms with Crippen molar-refractivity contribution in [1.82, 2.24) is 9.29 Å². The van der Waals surface area contributed by atoms with Gasteiger partial charge in [0.25, 0.3) is 5.91 Å². The number of carbonyl (C=O) groups is 1. The molecule has 1 aromatic rings. The summed E-state index contributed by atoms with van der Waals surface area (Å²) >= 11 is 0. The number of oxime groups is 1. The van der Waals surface area contributed by atoms with Crippen LogP contribution in [-0.2, 0) is 19.7 Å². The standard InChI is InChI=1S/C16H22N4O4S/c1-2-9-25(22,23)20-8-4-6-16(12-20)10-14(19-24-16)15(21)18-13-5-3-7-17-11-13/h3,5,7,11H,2,4,6,8-10,12H2,1H3,(H,18,21)/t16-/m0/s1. The summed E-state index contributed by atoms with van der Waals surface area (Å²) in [6.45, 7) is 2.57. The molecule has 1 spiro atoms. The summed E-state index contributed by atoms with van der Waals surface area (Å²) in [7, 11) is -3.29. The van der Waals surface area contributed by atoms with Gasteiger partial charge in [-0.2, -0.15) is 4.31 Å². The van der Waals surface area contributed by atoms with E-state index in [4.69, 9.17) is 4.84 Å². The molecule has 1 saturated heterocycles. The van der Waals surface area contributed by atoms with Crippen molar-refractivity contribution < 1.29 is 18.0 Å². The number of sulfonamides is 1. The lowest BCUT2D eigenvalue weighted by molar-refractivity contribution is -0.110. The number of amides is 1. The number of piperidine rings is 1. The summed E-state index contributed by atoms with van der Waals surface area (Å²) in [4.78, 5) is 21.8. The summed E-state index contributed by atoms with van der Waals surface area (Å²) in [5, 5.41) is 6.66. The third-order valence-electron chi connectivity index (χ3n) is 4.38. The van der Waals surface area contributed by atoms with Crippen molar-refractivity contribution in [3.8, 4) is 0 Å². The van der Waals surface area contributed by atoms with Gasteiger partial charge in [0.1, 0.15) is 5.71 Å². The fourth-order valence-electron chi connectivity index (χ4n) is 3.18. The molecular weight excluding hydrogens is 344 g/mol. The van der Waals surface area contributed by atoms with Crippen LogP contribution in [-0.4, -0.2) is 53.8 Å². The summed E-state index contributed by atoms with van der Waals surface area (Å²) in [6, 6.07) is 3.46. The van der Waals surface area contributed by atoms with E-state index in [1.54, 1.807) is 24.5 Å². The Morgan fingerprint density at radius 3 is 3.04 bits per heavy atom. The van der Waals surface area contributed by atoms with Crippen molar-refractivity contribution in [3.05, 3.63) is 24.5 Å². The van der Waals surface area contributed by atoms with Crippen LogP contribution in [0.4, 0.5) is 5.69 Å². The molecule has 0 bridgehead atoms. The quantitative estimate of drug-likeness (QED) is 0.848. The molecule has 0 aromatic carbocycles. The Morgan fingerprint density at radius 1 is 1.48 bits per heavy atom. The number of hydrogen-bond donors (Lipinski definition) is 1. The predicted molar refractivity (Wildman–Crippen MR) is 93.6 cm³/mol. The van der Waals surface area contributed by atoms with E-state index in [0.29, 0.717) is 37.9 Å². The first-order valence-electron chi connectivity index (χ1n) is 8.38. The van der Waals surface area contributed by atoms with E-state index in [9.17, 15) is 13.2 Å². The van der Waals surface area contributed by atoms with Crippen LogP contribution in [0.2, 0.25) is 0 Å². The number of carbonyl (C=O) groups excluding carboxylic acids is 1. The Kier molecular flexibility index (Phi) is 5.05. The van der Waals surface area contributed by atoms with Gasteiger partial charge in [-0.15, -0.1) is 0 Å². The minimum absolute atomic E-state index is 0.123. The zero-order valence-electron chi connectivity index (χ0n) is 14.1. The molecule has 136 valence electrons. The zero-order chi connectivity index (χ0) is 17.9. The van der Waals surface area contributed by atoms with Gasteiger partial charge in [0.05, 0.1) is 24.2 Å². The topological polar surface area (TPSA) is 101 Å². The molecule has 0 aliphatic carbocycles. The molecule has 1 atom stereocenters. The van der Waals surface area contributed by atoms with Gasteiger partial charge in [-0.3, -0.25) is 9.78 Å². The second kappa shape index (κ2) is 7.09. The van der Waals surface area contributed by atoms with E-state index >= 15 is 0 Å². The first-order valence-corrected chi connectivity index (χ1v) is 9.99. The second-order valence-electron chi connectivity index (χ2n) is 6.44. The summed E-state index contributed by atoms with van der Waals surface area (Å²) < 4.78 is 26.1. The smallest absolute Gasteiger partial charge is 0.273 e. The Hall–Kier alpha value is -2.00. The number of nitrogens with one attached hydrogen (secondary N) is 1. The van der Waals surface area contributed by atoms with Gasteiger partial charge in [-0.25, -0.2) is 8.42 Å². The van der Waals surface area contributed by atoms with Gasteiger partial charge in [-0.1, -0.05) is 12.1 Å². The van der Waals surface area contributed by atoms with Crippen LogP contribution >= 0.6 is 0 Å². The summed E-state index contributed by atoms with van der Waals surface area (Å²) in [5.74, 6) is -0.225.